The average Bonchev–Trinajstić information content (AvgIpc) is 3.63. The number of nitrogens with one attached hydrogen (secondary N) is 3. The molecule has 3 aromatic heterocycles. The molecule has 0 saturated carbocycles. The number of aromatic amines is 1. The highest BCUT2D eigenvalue weighted by Gasteiger charge is 2.38. The summed E-state index contributed by atoms with van der Waals surface area (Å²) in [6, 6.07) is 28.7. The Bertz CT molecular complexity index is 2260. The number of likely N-dealkylation sites (tertiary alicyclic amines) is 1. The summed E-state index contributed by atoms with van der Waals surface area (Å²) in [5, 5.41) is 18.1. The van der Waals surface area contributed by atoms with Crippen LogP contribution in [0.4, 0.5) is 23.8 Å². The number of carbonyl (C=O) groups is 2. The molecule has 0 atom stereocenters. The van der Waals surface area contributed by atoms with Crippen LogP contribution < -0.4 is 16.3 Å². The zero-order valence-electron chi connectivity index (χ0n) is 28.4. The number of imidazole rings is 1. The fourth-order valence-corrected chi connectivity index (χ4v) is 6.44. The third-order valence-electron chi connectivity index (χ3n) is 8.89. The average molecular weight is 715 g/mol. The number of rotatable bonds is 7. The molecule has 1 aliphatic heterocycles. The van der Waals surface area contributed by atoms with Gasteiger partial charge in [-0.25, -0.2) is 24.0 Å². The Morgan fingerprint density at radius 2 is 1.62 bits per heavy atom. The van der Waals surface area contributed by atoms with Gasteiger partial charge in [-0.15, -0.1) is 0 Å². The maximum Gasteiger partial charge on any atom is 0.490 e. The molecule has 12 nitrogen and oxygen atoms in total. The van der Waals surface area contributed by atoms with Crippen LogP contribution in [0.2, 0.25) is 0 Å². The summed E-state index contributed by atoms with van der Waals surface area (Å²) in [6.45, 7) is 5.11. The first kappa shape index (κ1) is 35.9. The van der Waals surface area contributed by atoms with Crippen molar-refractivity contribution in [2.45, 2.75) is 38.5 Å². The number of halogens is 3. The highest BCUT2D eigenvalue weighted by Crippen LogP contribution is 2.36. The van der Waals surface area contributed by atoms with Crippen molar-refractivity contribution in [1.29, 1.82) is 0 Å². The number of aryl methyl sites for hydroxylation is 1. The molecule has 7 rings (SSSR count). The van der Waals surface area contributed by atoms with Gasteiger partial charge in [0.25, 0.3) is 0 Å². The second-order valence-corrected chi connectivity index (χ2v) is 12.4. The molecule has 0 aliphatic carbocycles. The Morgan fingerprint density at radius 3 is 2.27 bits per heavy atom. The molecule has 0 radical (unpaired) electrons. The number of carboxylic acids is 1. The first-order valence-electron chi connectivity index (χ1n) is 16.7. The summed E-state index contributed by atoms with van der Waals surface area (Å²) >= 11 is 0. The van der Waals surface area contributed by atoms with Gasteiger partial charge in [-0.05, 0) is 49.1 Å². The molecule has 1 aliphatic rings. The zero-order chi connectivity index (χ0) is 37.0. The molecule has 3 aromatic carbocycles. The number of amides is 2. The molecule has 4 N–H and O–H groups in total. The zero-order valence-corrected chi connectivity index (χ0v) is 28.4. The lowest BCUT2D eigenvalue weighted by Gasteiger charge is -2.32. The third-order valence-corrected chi connectivity index (χ3v) is 8.89. The number of aliphatic carboxylic acids is 1. The molecule has 0 bridgehead atoms. The van der Waals surface area contributed by atoms with E-state index in [4.69, 9.17) is 14.9 Å². The predicted molar refractivity (Wildman–Crippen MR) is 192 cm³/mol. The highest BCUT2D eigenvalue weighted by molar-refractivity contribution is 6.01. The van der Waals surface area contributed by atoms with Gasteiger partial charge in [0.05, 0.1) is 22.1 Å². The summed E-state index contributed by atoms with van der Waals surface area (Å²) in [6.07, 6.45) is -3.21. The van der Waals surface area contributed by atoms with Crippen molar-refractivity contribution < 1.29 is 27.9 Å². The standard InChI is InChI=1S/C35H36N8O2.C2HF3O2/c1-3-36-34(44)39-32-28-21-27(24-9-5-4-6-10-24)31(38-33(28)41(2)40-32)25-15-13-23(14-16-25)22-42-19-17-26(18-20-42)43-30-12-8-7-11-29(30)37-35(43)45;3-2(4,5)1(6)7/h4-16,21,26H,3,17-20,22H2,1-2H3,(H,37,45)(H2,36,39,40,44);(H,6,7). The molecule has 52 heavy (non-hydrogen) atoms. The number of aromatic nitrogens is 5. The summed E-state index contributed by atoms with van der Waals surface area (Å²) in [7, 11) is 1.84. The van der Waals surface area contributed by atoms with E-state index in [1.807, 2.05) is 61.0 Å². The molecule has 4 heterocycles. The van der Waals surface area contributed by atoms with Gasteiger partial charge >= 0.3 is 23.9 Å². The molecule has 0 spiro atoms. The number of H-pyrrole nitrogens is 1. The molecule has 6 aromatic rings. The van der Waals surface area contributed by atoms with Crippen molar-refractivity contribution in [2.75, 3.05) is 25.0 Å². The van der Waals surface area contributed by atoms with Crippen molar-refractivity contribution in [3.05, 3.63) is 101 Å². The van der Waals surface area contributed by atoms with E-state index in [-0.39, 0.29) is 17.8 Å². The monoisotopic (exact) mass is 714 g/mol. The molecule has 1 fully saturated rings. The quantitative estimate of drug-likeness (QED) is 0.146. The number of para-hydroxylation sites is 2. The summed E-state index contributed by atoms with van der Waals surface area (Å²) in [5.41, 5.74) is 7.67. The molecule has 0 unspecified atom stereocenters. The number of hydrogen-bond donors (Lipinski definition) is 4. The fourth-order valence-electron chi connectivity index (χ4n) is 6.44. The maximum atomic E-state index is 12.7. The van der Waals surface area contributed by atoms with Gasteiger partial charge in [0.1, 0.15) is 0 Å². The van der Waals surface area contributed by atoms with E-state index in [9.17, 15) is 22.8 Å². The largest absolute Gasteiger partial charge is 0.490 e. The molecular weight excluding hydrogens is 677 g/mol. The number of carboxylic acid groups (broad SMARTS) is 1. The first-order chi connectivity index (χ1) is 24.9. The Balaban J connectivity index is 0.000000604. The van der Waals surface area contributed by atoms with Gasteiger partial charge in [-0.3, -0.25) is 14.8 Å². The molecule has 1 saturated heterocycles. The molecular formula is C37H37F3N8O4. The van der Waals surface area contributed by atoms with E-state index in [1.165, 1.54) is 5.56 Å². The lowest BCUT2D eigenvalue weighted by atomic mass is 9.97. The van der Waals surface area contributed by atoms with Gasteiger partial charge in [0.2, 0.25) is 0 Å². The number of hydrogen-bond acceptors (Lipinski definition) is 6. The minimum atomic E-state index is -5.08. The van der Waals surface area contributed by atoms with Crippen LogP contribution in [0.1, 0.15) is 31.4 Å². The third kappa shape index (κ3) is 7.84. The number of carbonyl (C=O) groups excluding carboxylic acids is 1. The minimum absolute atomic E-state index is 0.0208. The van der Waals surface area contributed by atoms with Crippen LogP contribution in [0.5, 0.6) is 0 Å². The first-order valence-corrected chi connectivity index (χ1v) is 16.7. The number of urea groups is 1. The van der Waals surface area contributed by atoms with Gasteiger partial charge in [-0.1, -0.05) is 66.7 Å². The van der Waals surface area contributed by atoms with Crippen LogP contribution in [0.15, 0.2) is 89.7 Å². The number of alkyl halides is 3. The smallest absolute Gasteiger partial charge is 0.475 e. The van der Waals surface area contributed by atoms with Crippen LogP contribution in [-0.4, -0.2) is 72.1 Å². The normalized spacial score (nSPS) is 13.9. The Morgan fingerprint density at radius 1 is 0.962 bits per heavy atom. The van der Waals surface area contributed by atoms with Crippen LogP contribution in [0.25, 0.3) is 44.5 Å². The lowest BCUT2D eigenvalue weighted by Crippen LogP contribution is -2.36. The minimum Gasteiger partial charge on any atom is -0.475 e. The maximum absolute atomic E-state index is 12.7. The van der Waals surface area contributed by atoms with E-state index < -0.39 is 12.1 Å². The molecule has 2 amide bonds. The summed E-state index contributed by atoms with van der Waals surface area (Å²) < 4.78 is 35.4. The van der Waals surface area contributed by atoms with Crippen LogP contribution in [-0.2, 0) is 18.4 Å². The highest BCUT2D eigenvalue weighted by atomic mass is 19.4. The van der Waals surface area contributed by atoms with Crippen molar-refractivity contribution in [2.24, 2.45) is 7.05 Å². The van der Waals surface area contributed by atoms with E-state index >= 15 is 0 Å². The van der Waals surface area contributed by atoms with Crippen LogP contribution in [0.3, 0.4) is 0 Å². The number of fused-ring (bicyclic) bond motifs is 2. The number of anilines is 1. The number of piperidine rings is 1. The summed E-state index contributed by atoms with van der Waals surface area (Å²) in [4.78, 5) is 44.4. The topological polar surface area (TPSA) is 150 Å². The van der Waals surface area contributed by atoms with E-state index in [2.05, 4.69) is 68.1 Å². The van der Waals surface area contributed by atoms with Crippen molar-refractivity contribution >= 4 is 39.9 Å². The van der Waals surface area contributed by atoms with Gasteiger partial charge < -0.3 is 15.4 Å². The number of nitrogens with zero attached hydrogens (tertiary/aromatic N) is 5. The van der Waals surface area contributed by atoms with Crippen molar-refractivity contribution in [3.63, 3.8) is 0 Å². The second-order valence-electron chi connectivity index (χ2n) is 12.4. The predicted octanol–water partition coefficient (Wildman–Crippen LogP) is 6.56. The SMILES string of the molecule is CCNC(=O)Nc1nn(C)c2nc(-c3ccc(CN4CCC(n5c(=O)[nH]c6ccccc65)CC4)cc3)c(-c3ccccc3)cc12.O=C(O)C(F)(F)F. The van der Waals surface area contributed by atoms with E-state index in [0.29, 0.717) is 18.0 Å². The van der Waals surface area contributed by atoms with Gasteiger partial charge in [0.15, 0.2) is 11.5 Å². The van der Waals surface area contributed by atoms with Crippen LogP contribution >= 0.6 is 0 Å². The second kappa shape index (κ2) is 15.1. The summed E-state index contributed by atoms with van der Waals surface area (Å²) in [5.74, 6) is -2.28. The van der Waals surface area contributed by atoms with Crippen molar-refractivity contribution in [3.8, 4) is 22.4 Å². The van der Waals surface area contributed by atoms with E-state index in [1.54, 1.807) is 4.68 Å². The Hall–Kier alpha value is -5.96. The fraction of sp³-hybridized carbons (Fsp3) is 0.270. The Kier molecular flexibility index (Phi) is 10.4. The lowest BCUT2D eigenvalue weighted by molar-refractivity contribution is -0.192. The van der Waals surface area contributed by atoms with Crippen LogP contribution in [0, 0.1) is 0 Å². The molecule has 15 heteroatoms. The number of benzene rings is 3. The Labute approximate surface area is 295 Å². The van der Waals surface area contributed by atoms with Gasteiger partial charge in [-0.2, -0.15) is 18.3 Å². The van der Waals surface area contributed by atoms with E-state index in [0.717, 1.165) is 71.3 Å². The van der Waals surface area contributed by atoms with Crippen molar-refractivity contribution in [1.82, 2.24) is 34.5 Å². The molecule has 270 valence electrons. The number of pyridine rings is 1. The van der Waals surface area contributed by atoms with Gasteiger partial charge in [0, 0.05) is 50.4 Å².